The highest BCUT2D eigenvalue weighted by molar-refractivity contribution is 8.00. The summed E-state index contributed by atoms with van der Waals surface area (Å²) in [7, 11) is 1.63. The maximum atomic E-state index is 12.7. The van der Waals surface area contributed by atoms with Gasteiger partial charge >= 0.3 is 0 Å². The molecule has 1 aliphatic rings. The fourth-order valence-electron chi connectivity index (χ4n) is 3.74. The first-order valence-corrected chi connectivity index (χ1v) is 11.6. The van der Waals surface area contributed by atoms with Crippen molar-refractivity contribution in [3.8, 4) is 5.75 Å². The summed E-state index contributed by atoms with van der Waals surface area (Å²) in [6.45, 7) is 2.54. The van der Waals surface area contributed by atoms with E-state index in [1.807, 2.05) is 90.7 Å². The van der Waals surface area contributed by atoms with Gasteiger partial charge in [0.25, 0.3) is 5.91 Å². The van der Waals surface area contributed by atoms with E-state index >= 15 is 0 Å². The smallest absolute Gasteiger partial charge is 0.251 e. The number of methoxy groups -OCH3 is 1. The number of ether oxygens (including phenoxy) is 1. The highest BCUT2D eigenvalue weighted by Gasteiger charge is 2.32. The molecule has 1 heterocycles. The van der Waals surface area contributed by atoms with Gasteiger partial charge in [-0.15, -0.1) is 11.8 Å². The van der Waals surface area contributed by atoms with Crippen LogP contribution in [-0.4, -0.2) is 29.6 Å². The molecule has 6 heteroatoms. The van der Waals surface area contributed by atoms with Crippen LogP contribution in [0.25, 0.3) is 0 Å². The molecule has 2 amide bonds. The molecule has 1 saturated heterocycles. The predicted octanol–water partition coefficient (Wildman–Crippen LogP) is 4.96. The van der Waals surface area contributed by atoms with Gasteiger partial charge in [-0.3, -0.25) is 9.59 Å². The molecule has 164 valence electrons. The number of thioether (sulfide) groups is 1. The lowest BCUT2D eigenvalue weighted by atomic mass is 10.1. The van der Waals surface area contributed by atoms with Crippen molar-refractivity contribution in [3.05, 3.63) is 101 Å². The Hall–Kier alpha value is -3.25. The first-order valence-electron chi connectivity index (χ1n) is 10.5. The number of benzene rings is 3. The third-order valence-electron chi connectivity index (χ3n) is 5.59. The van der Waals surface area contributed by atoms with Crippen molar-refractivity contribution in [1.29, 1.82) is 0 Å². The van der Waals surface area contributed by atoms with Gasteiger partial charge < -0.3 is 15.0 Å². The van der Waals surface area contributed by atoms with Crippen LogP contribution in [0.15, 0.2) is 78.9 Å². The number of hydrogen-bond acceptors (Lipinski definition) is 4. The fraction of sp³-hybridized carbons (Fsp3) is 0.231. The molecule has 3 aromatic carbocycles. The normalized spacial score (nSPS) is 16.6. The van der Waals surface area contributed by atoms with E-state index in [4.69, 9.17) is 4.74 Å². The highest BCUT2D eigenvalue weighted by atomic mass is 32.2. The molecule has 0 radical (unpaired) electrons. The van der Waals surface area contributed by atoms with Crippen molar-refractivity contribution in [3.63, 3.8) is 0 Å². The standard InChI is InChI=1S/C26H26N2O3S/c1-18(20-12-14-23(31-2)15-13-20)27-25(30)21-8-10-22(11-9-21)26-28(24(29)17-32-26)16-19-6-4-3-5-7-19/h3-15,18,26H,16-17H2,1-2H3,(H,27,30)/t18-,26+/m1/s1. The maximum absolute atomic E-state index is 12.7. The minimum atomic E-state index is -0.129. The van der Waals surface area contributed by atoms with Gasteiger partial charge in [0, 0.05) is 12.1 Å². The summed E-state index contributed by atoms with van der Waals surface area (Å²) in [6, 6.07) is 25.1. The quantitative estimate of drug-likeness (QED) is 0.557. The van der Waals surface area contributed by atoms with Crippen molar-refractivity contribution in [1.82, 2.24) is 10.2 Å². The third-order valence-corrected chi connectivity index (χ3v) is 6.84. The van der Waals surface area contributed by atoms with E-state index in [9.17, 15) is 9.59 Å². The Bertz CT molecular complexity index is 1070. The Morgan fingerprint density at radius 2 is 1.75 bits per heavy atom. The summed E-state index contributed by atoms with van der Waals surface area (Å²) in [5, 5.41) is 2.99. The Balaban J connectivity index is 1.42. The molecule has 1 fully saturated rings. The van der Waals surface area contributed by atoms with Crippen LogP contribution in [0, 0.1) is 0 Å². The van der Waals surface area contributed by atoms with Crippen LogP contribution in [0.1, 0.15) is 45.4 Å². The fourth-order valence-corrected chi connectivity index (χ4v) is 4.92. The molecule has 0 saturated carbocycles. The minimum Gasteiger partial charge on any atom is -0.497 e. The Kier molecular flexibility index (Phi) is 6.81. The van der Waals surface area contributed by atoms with E-state index < -0.39 is 0 Å². The van der Waals surface area contributed by atoms with Gasteiger partial charge in [-0.25, -0.2) is 0 Å². The van der Waals surface area contributed by atoms with E-state index in [1.54, 1.807) is 18.9 Å². The van der Waals surface area contributed by atoms with Crippen LogP contribution in [-0.2, 0) is 11.3 Å². The van der Waals surface area contributed by atoms with E-state index in [0.717, 1.165) is 22.4 Å². The Morgan fingerprint density at radius 3 is 2.41 bits per heavy atom. The van der Waals surface area contributed by atoms with Crippen LogP contribution < -0.4 is 10.1 Å². The number of hydrogen-bond donors (Lipinski definition) is 1. The summed E-state index contributed by atoms with van der Waals surface area (Å²) in [5.41, 5.74) is 3.74. The van der Waals surface area contributed by atoms with Gasteiger partial charge in [-0.05, 0) is 47.9 Å². The van der Waals surface area contributed by atoms with Crippen molar-refractivity contribution in [2.75, 3.05) is 12.9 Å². The molecule has 5 nitrogen and oxygen atoms in total. The minimum absolute atomic E-state index is 0.0435. The average Bonchev–Trinajstić information content (AvgIpc) is 3.19. The molecule has 4 rings (SSSR count). The lowest BCUT2D eigenvalue weighted by Gasteiger charge is -2.24. The summed E-state index contributed by atoms with van der Waals surface area (Å²) >= 11 is 1.62. The molecule has 0 spiro atoms. The SMILES string of the molecule is COc1ccc([C@@H](C)NC(=O)c2ccc([C@@H]3SCC(=O)N3Cc3ccccc3)cc2)cc1. The molecule has 0 unspecified atom stereocenters. The second kappa shape index (κ2) is 9.92. The van der Waals surface area contributed by atoms with Crippen molar-refractivity contribution in [2.24, 2.45) is 0 Å². The average molecular weight is 447 g/mol. The largest absolute Gasteiger partial charge is 0.497 e. The monoisotopic (exact) mass is 446 g/mol. The van der Waals surface area contributed by atoms with Crippen molar-refractivity contribution >= 4 is 23.6 Å². The van der Waals surface area contributed by atoms with Gasteiger partial charge in [-0.2, -0.15) is 0 Å². The zero-order valence-electron chi connectivity index (χ0n) is 18.2. The van der Waals surface area contributed by atoms with E-state index in [-0.39, 0.29) is 23.2 Å². The van der Waals surface area contributed by atoms with Crippen molar-refractivity contribution in [2.45, 2.75) is 24.9 Å². The Morgan fingerprint density at radius 1 is 1.06 bits per heavy atom. The Labute approximate surface area is 192 Å². The molecular weight excluding hydrogens is 420 g/mol. The number of nitrogens with one attached hydrogen (secondary N) is 1. The lowest BCUT2D eigenvalue weighted by Crippen LogP contribution is -2.28. The zero-order valence-corrected chi connectivity index (χ0v) is 19.0. The van der Waals surface area contributed by atoms with Crippen molar-refractivity contribution < 1.29 is 14.3 Å². The first-order chi connectivity index (χ1) is 15.5. The predicted molar refractivity (Wildman–Crippen MR) is 128 cm³/mol. The van der Waals surface area contributed by atoms with Crippen LogP contribution in [0.3, 0.4) is 0 Å². The molecule has 0 aromatic heterocycles. The van der Waals surface area contributed by atoms with Gasteiger partial charge in [0.15, 0.2) is 0 Å². The molecule has 1 aliphatic heterocycles. The van der Waals surface area contributed by atoms with Gasteiger partial charge in [0.2, 0.25) is 5.91 Å². The van der Waals surface area contributed by atoms with Gasteiger partial charge in [-0.1, -0.05) is 54.6 Å². The van der Waals surface area contributed by atoms with Crippen LogP contribution in [0.5, 0.6) is 5.75 Å². The molecule has 32 heavy (non-hydrogen) atoms. The van der Waals surface area contributed by atoms with Crippen LogP contribution >= 0.6 is 11.8 Å². The van der Waals surface area contributed by atoms with Crippen LogP contribution in [0.4, 0.5) is 0 Å². The topological polar surface area (TPSA) is 58.6 Å². The molecule has 0 aliphatic carbocycles. The number of carbonyl (C=O) groups excluding carboxylic acids is 2. The summed E-state index contributed by atoms with van der Waals surface area (Å²) in [4.78, 5) is 27.1. The number of carbonyl (C=O) groups is 2. The summed E-state index contributed by atoms with van der Waals surface area (Å²) in [5.74, 6) is 1.27. The van der Waals surface area contributed by atoms with E-state index in [2.05, 4.69) is 5.32 Å². The second-order valence-corrected chi connectivity index (χ2v) is 8.83. The van der Waals surface area contributed by atoms with E-state index in [1.165, 1.54) is 0 Å². The number of rotatable bonds is 7. The number of nitrogens with zero attached hydrogens (tertiary/aromatic N) is 1. The van der Waals surface area contributed by atoms with Gasteiger partial charge in [0.05, 0.1) is 18.9 Å². The van der Waals surface area contributed by atoms with Gasteiger partial charge in [0.1, 0.15) is 11.1 Å². The summed E-state index contributed by atoms with van der Waals surface area (Å²) < 4.78 is 5.19. The molecule has 1 N–H and O–H groups in total. The lowest BCUT2D eigenvalue weighted by molar-refractivity contribution is -0.128. The molecule has 3 aromatic rings. The maximum Gasteiger partial charge on any atom is 0.251 e. The van der Waals surface area contributed by atoms with Crippen LogP contribution in [0.2, 0.25) is 0 Å². The molecule has 2 atom stereocenters. The zero-order chi connectivity index (χ0) is 22.5. The number of amides is 2. The third kappa shape index (κ3) is 4.97. The second-order valence-electron chi connectivity index (χ2n) is 7.76. The summed E-state index contributed by atoms with van der Waals surface area (Å²) in [6.07, 6.45) is 0. The van der Waals surface area contributed by atoms with E-state index in [0.29, 0.717) is 17.9 Å². The molecular formula is C26H26N2O3S. The molecule has 0 bridgehead atoms. The highest BCUT2D eigenvalue weighted by Crippen LogP contribution is 2.39. The first kappa shape index (κ1) is 22.0.